The van der Waals surface area contributed by atoms with E-state index in [0.29, 0.717) is 25.1 Å². The summed E-state index contributed by atoms with van der Waals surface area (Å²) in [7, 11) is 0. The molecule has 1 aliphatic rings. The molecule has 6 heteroatoms. The molecule has 37 heavy (non-hydrogen) atoms. The van der Waals surface area contributed by atoms with Crippen LogP contribution in [0.1, 0.15) is 48.8 Å². The third-order valence-electron chi connectivity index (χ3n) is 6.82. The Morgan fingerprint density at radius 1 is 0.973 bits per heavy atom. The number of carbonyl (C=O) groups is 2. The number of hydrogen-bond donors (Lipinski definition) is 1. The summed E-state index contributed by atoms with van der Waals surface area (Å²) in [5, 5.41) is 3.27. The highest BCUT2D eigenvalue weighted by Gasteiger charge is 2.32. The molecule has 1 aliphatic carbocycles. The Bertz CT molecular complexity index is 1160. The molecule has 194 valence electrons. The number of aryl methyl sites for hydroxylation is 1. The minimum atomic E-state index is -0.571. The van der Waals surface area contributed by atoms with E-state index in [1.54, 1.807) is 16.7 Å². The first-order valence-corrected chi connectivity index (χ1v) is 14.8. The van der Waals surface area contributed by atoms with Crippen molar-refractivity contribution in [3.8, 4) is 0 Å². The molecule has 0 bridgehead atoms. The largest absolute Gasteiger partial charge is 0.352 e. The Morgan fingerprint density at radius 3 is 2.38 bits per heavy atom. The Morgan fingerprint density at radius 2 is 1.68 bits per heavy atom. The van der Waals surface area contributed by atoms with E-state index in [-0.39, 0.29) is 17.9 Å². The van der Waals surface area contributed by atoms with Gasteiger partial charge in [-0.15, -0.1) is 11.8 Å². The monoisotopic (exact) mass is 578 g/mol. The van der Waals surface area contributed by atoms with Crippen molar-refractivity contribution >= 4 is 39.5 Å². The lowest BCUT2D eigenvalue weighted by molar-refractivity contribution is -0.141. The summed E-state index contributed by atoms with van der Waals surface area (Å²) in [6.45, 7) is 2.46. The molecule has 0 unspecified atom stereocenters. The van der Waals surface area contributed by atoms with Crippen molar-refractivity contribution in [3.05, 3.63) is 100 Å². The van der Waals surface area contributed by atoms with Gasteiger partial charge in [0.2, 0.25) is 11.8 Å². The van der Waals surface area contributed by atoms with E-state index < -0.39 is 6.04 Å². The van der Waals surface area contributed by atoms with Crippen LogP contribution < -0.4 is 5.32 Å². The highest BCUT2D eigenvalue weighted by molar-refractivity contribution is 9.10. The zero-order valence-corrected chi connectivity index (χ0v) is 23.8. The van der Waals surface area contributed by atoms with Crippen LogP contribution in [0.4, 0.5) is 0 Å². The number of thioether (sulfide) groups is 1. The lowest BCUT2D eigenvalue weighted by atomic mass is 10.0. The fourth-order valence-corrected chi connectivity index (χ4v) is 6.08. The fourth-order valence-electron chi connectivity index (χ4n) is 4.79. The molecule has 1 atom stereocenters. The van der Waals surface area contributed by atoms with Crippen molar-refractivity contribution in [1.82, 2.24) is 10.2 Å². The summed E-state index contributed by atoms with van der Waals surface area (Å²) in [6.07, 6.45) is 5.17. The van der Waals surface area contributed by atoms with Crippen molar-refractivity contribution < 1.29 is 9.59 Å². The number of nitrogens with zero attached hydrogens (tertiary/aromatic N) is 1. The number of rotatable bonds is 11. The SMILES string of the molecule is Cc1ccc(SCCC(=O)N(Cc2cccc(Br)c2)[C@H](Cc2ccccc2)C(=O)NC2CCCC2)cc1. The van der Waals surface area contributed by atoms with Gasteiger partial charge in [-0.3, -0.25) is 9.59 Å². The minimum Gasteiger partial charge on any atom is -0.352 e. The van der Waals surface area contributed by atoms with E-state index >= 15 is 0 Å². The maximum Gasteiger partial charge on any atom is 0.243 e. The average molecular weight is 580 g/mol. The molecule has 1 N–H and O–H groups in total. The molecule has 0 aliphatic heterocycles. The van der Waals surface area contributed by atoms with Crippen molar-refractivity contribution in [2.24, 2.45) is 0 Å². The molecule has 2 amide bonds. The fraction of sp³-hybridized carbons (Fsp3) is 0.355. The van der Waals surface area contributed by atoms with E-state index in [0.717, 1.165) is 46.2 Å². The number of benzene rings is 3. The summed E-state index contributed by atoms with van der Waals surface area (Å²) in [5.74, 6) is 0.617. The maximum atomic E-state index is 13.8. The Hall–Kier alpha value is -2.57. The van der Waals surface area contributed by atoms with Crippen molar-refractivity contribution in [2.45, 2.75) is 69.0 Å². The van der Waals surface area contributed by atoms with Gasteiger partial charge >= 0.3 is 0 Å². The van der Waals surface area contributed by atoms with Gasteiger partial charge in [0, 0.05) is 40.5 Å². The van der Waals surface area contributed by atoms with Crippen LogP contribution in [0.2, 0.25) is 0 Å². The van der Waals surface area contributed by atoms with Gasteiger partial charge in [-0.25, -0.2) is 0 Å². The Labute approximate surface area is 233 Å². The smallest absolute Gasteiger partial charge is 0.243 e. The molecule has 4 rings (SSSR count). The maximum absolute atomic E-state index is 13.8. The van der Waals surface area contributed by atoms with Crippen LogP contribution in [-0.2, 0) is 22.6 Å². The van der Waals surface area contributed by atoms with Gasteiger partial charge in [-0.05, 0) is 55.2 Å². The van der Waals surface area contributed by atoms with Gasteiger partial charge in [0.15, 0.2) is 0 Å². The van der Waals surface area contributed by atoms with Crippen LogP contribution in [0.15, 0.2) is 88.2 Å². The predicted molar refractivity (Wildman–Crippen MR) is 156 cm³/mol. The molecule has 1 saturated carbocycles. The first kappa shape index (κ1) is 27.5. The van der Waals surface area contributed by atoms with Gasteiger partial charge in [0.05, 0.1) is 0 Å². The highest BCUT2D eigenvalue weighted by atomic mass is 79.9. The van der Waals surface area contributed by atoms with Crippen LogP contribution in [0.5, 0.6) is 0 Å². The molecule has 0 aromatic heterocycles. The minimum absolute atomic E-state index is 0.00194. The van der Waals surface area contributed by atoms with Crippen LogP contribution in [0.25, 0.3) is 0 Å². The third kappa shape index (κ3) is 8.47. The summed E-state index contributed by atoms with van der Waals surface area (Å²) >= 11 is 5.23. The molecule has 3 aromatic carbocycles. The summed E-state index contributed by atoms with van der Waals surface area (Å²) in [6, 6.07) is 26.0. The summed E-state index contributed by atoms with van der Waals surface area (Å²) in [4.78, 5) is 30.4. The molecule has 4 nitrogen and oxygen atoms in total. The van der Waals surface area contributed by atoms with E-state index in [1.807, 2.05) is 54.6 Å². The first-order valence-electron chi connectivity index (χ1n) is 13.1. The average Bonchev–Trinajstić information content (AvgIpc) is 3.41. The van der Waals surface area contributed by atoms with E-state index in [2.05, 4.69) is 52.4 Å². The molecular formula is C31H35BrN2O2S. The zero-order chi connectivity index (χ0) is 26.0. The van der Waals surface area contributed by atoms with E-state index in [9.17, 15) is 9.59 Å². The van der Waals surface area contributed by atoms with Crippen LogP contribution in [0, 0.1) is 6.92 Å². The zero-order valence-electron chi connectivity index (χ0n) is 21.4. The number of nitrogens with one attached hydrogen (secondary N) is 1. The first-order chi connectivity index (χ1) is 18.0. The number of carbonyl (C=O) groups excluding carboxylic acids is 2. The van der Waals surface area contributed by atoms with Gasteiger partial charge in [0.25, 0.3) is 0 Å². The standard InChI is InChI=1S/C31H35BrN2O2S/c1-23-14-16-28(17-15-23)37-19-18-30(35)34(22-25-10-7-11-26(32)20-25)29(21-24-8-3-2-4-9-24)31(36)33-27-12-5-6-13-27/h2-4,7-11,14-17,20,27,29H,5-6,12-13,18-19,21-22H2,1H3,(H,33,36)/t29-/m1/s1. The second-order valence-corrected chi connectivity index (χ2v) is 11.8. The van der Waals surface area contributed by atoms with E-state index in [1.165, 1.54) is 5.56 Å². The second-order valence-electron chi connectivity index (χ2n) is 9.76. The normalized spacial score (nSPS) is 14.3. The molecule has 0 heterocycles. The van der Waals surface area contributed by atoms with Crippen molar-refractivity contribution in [2.75, 3.05) is 5.75 Å². The molecule has 3 aromatic rings. The molecule has 0 spiro atoms. The molecule has 0 saturated heterocycles. The second kappa shape index (κ2) is 13.8. The quantitative estimate of drug-likeness (QED) is 0.251. The van der Waals surface area contributed by atoms with Crippen molar-refractivity contribution in [1.29, 1.82) is 0 Å². The third-order valence-corrected chi connectivity index (χ3v) is 8.33. The van der Waals surface area contributed by atoms with Crippen molar-refractivity contribution in [3.63, 3.8) is 0 Å². The van der Waals surface area contributed by atoms with Crippen LogP contribution in [-0.4, -0.2) is 34.6 Å². The number of hydrogen-bond acceptors (Lipinski definition) is 3. The molecule has 1 fully saturated rings. The predicted octanol–water partition coefficient (Wildman–Crippen LogP) is 6.94. The summed E-state index contributed by atoms with van der Waals surface area (Å²) < 4.78 is 0.961. The van der Waals surface area contributed by atoms with Gasteiger partial charge in [0.1, 0.15) is 6.04 Å². The number of amides is 2. The van der Waals surface area contributed by atoms with Gasteiger partial charge < -0.3 is 10.2 Å². The lowest BCUT2D eigenvalue weighted by Crippen LogP contribution is -2.52. The van der Waals surface area contributed by atoms with Crippen LogP contribution in [0.3, 0.4) is 0 Å². The summed E-state index contributed by atoms with van der Waals surface area (Å²) in [5.41, 5.74) is 3.27. The Kier molecular flexibility index (Phi) is 10.3. The lowest BCUT2D eigenvalue weighted by Gasteiger charge is -2.32. The Balaban J connectivity index is 1.56. The van der Waals surface area contributed by atoms with Gasteiger partial charge in [-0.1, -0.05) is 88.9 Å². The topological polar surface area (TPSA) is 49.4 Å². The van der Waals surface area contributed by atoms with Crippen LogP contribution >= 0.6 is 27.7 Å². The molecule has 0 radical (unpaired) electrons. The number of halogens is 1. The molecular weight excluding hydrogens is 544 g/mol. The van der Waals surface area contributed by atoms with E-state index in [4.69, 9.17) is 0 Å². The highest BCUT2D eigenvalue weighted by Crippen LogP contribution is 2.23. The van der Waals surface area contributed by atoms with Gasteiger partial charge in [-0.2, -0.15) is 0 Å².